The van der Waals surface area contributed by atoms with E-state index in [-0.39, 0.29) is 5.91 Å². The lowest BCUT2D eigenvalue weighted by Crippen LogP contribution is -2.33. The second kappa shape index (κ2) is 7.04. The molecule has 0 aliphatic heterocycles. The molecule has 0 aliphatic rings. The van der Waals surface area contributed by atoms with Gasteiger partial charge in [-0.2, -0.15) is 0 Å². The zero-order valence-corrected chi connectivity index (χ0v) is 10.8. The van der Waals surface area contributed by atoms with Crippen LogP contribution >= 0.6 is 0 Å². The van der Waals surface area contributed by atoms with E-state index in [4.69, 9.17) is 0 Å². The van der Waals surface area contributed by atoms with Gasteiger partial charge in [0.2, 0.25) is 5.91 Å². The maximum atomic E-state index is 11.6. The van der Waals surface area contributed by atoms with Gasteiger partial charge in [0.15, 0.2) is 0 Å². The second-order valence-electron chi connectivity index (χ2n) is 4.34. The molecule has 0 aliphatic carbocycles. The third-order valence-corrected chi connectivity index (χ3v) is 2.44. The lowest BCUT2D eigenvalue weighted by Gasteiger charge is -2.11. The quantitative estimate of drug-likeness (QED) is 0.725. The highest BCUT2D eigenvalue weighted by atomic mass is 16.1. The molecule has 1 aromatic carbocycles. The minimum Gasteiger partial charge on any atom is -0.325 e. The van der Waals surface area contributed by atoms with Gasteiger partial charge in [-0.3, -0.25) is 4.79 Å². The summed E-state index contributed by atoms with van der Waals surface area (Å²) in [4.78, 5) is 13.7. The average Bonchev–Trinajstić information content (AvgIpc) is 2.27. The van der Waals surface area contributed by atoms with Crippen LogP contribution in [-0.4, -0.2) is 44.5 Å². The van der Waals surface area contributed by atoms with E-state index < -0.39 is 0 Å². The minimum absolute atomic E-state index is 0.00180. The summed E-state index contributed by atoms with van der Waals surface area (Å²) >= 11 is 0. The van der Waals surface area contributed by atoms with Gasteiger partial charge in [-0.05, 0) is 32.6 Å². The van der Waals surface area contributed by atoms with E-state index in [1.54, 1.807) is 0 Å². The Bertz CT molecular complexity index is 363. The molecule has 0 atom stereocenters. The highest BCUT2D eigenvalue weighted by Gasteiger charge is 2.03. The summed E-state index contributed by atoms with van der Waals surface area (Å²) in [5.41, 5.74) is 1.96. The molecule has 2 N–H and O–H groups in total. The van der Waals surface area contributed by atoms with Gasteiger partial charge in [-0.1, -0.05) is 18.2 Å². The van der Waals surface area contributed by atoms with Crippen molar-refractivity contribution in [2.24, 2.45) is 0 Å². The van der Waals surface area contributed by atoms with Gasteiger partial charge in [0.1, 0.15) is 0 Å². The SMILES string of the molecule is Cc1ccccc1NC(=O)CNCCN(C)C. The monoisotopic (exact) mass is 235 g/mol. The van der Waals surface area contributed by atoms with E-state index in [2.05, 4.69) is 15.5 Å². The van der Waals surface area contributed by atoms with Gasteiger partial charge in [-0.15, -0.1) is 0 Å². The number of nitrogens with zero attached hydrogens (tertiary/aromatic N) is 1. The molecule has 0 heterocycles. The summed E-state index contributed by atoms with van der Waals surface area (Å²) in [6.07, 6.45) is 0. The predicted octanol–water partition coefficient (Wildman–Crippen LogP) is 1.08. The molecule has 4 nitrogen and oxygen atoms in total. The van der Waals surface area contributed by atoms with Crippen LogP contribution < -0.4 is 10.6 Å². The molecule has 0 bridgehead atoms. The van der Waals surface area contributed by atoms with Crippen LogP contribution in [0.3, 0.4) is 0 Å². The van der Waals surface area contributed by atoms with Gasteiger partial charge >= 0.3 is 0 Å². The molecule has 0 spiro atoms. The Kier molecular flexibility index (Phi) is 5.66. The standard InChI is InChI=1S/C13H21N3O/c1-11-6-4-5-7-12(11)15-13(17)10-14-8-9-16(2)3/h4-7,14H,8-10H2,1-3H3,(H,15,17). The molecule has 0 saturated carbocycles. The Morgan fingerprint density at radius 2 is 2.00 bits per heavy atom. The molecule has 17 heavy (non-hydrogen) atoms. The summed E-state index contributed by atoms with van der Waals surface area (Å²) in [6.45, 7) is 4.07. The smallest absolute Gasteiger partial charge is 0.238 e. The van der Waals surface area contributed by atoms with Crippen LogP contribution in [0.1, 0.15) is 5.56 Å². The van der Waals surface area contributed by atoms with Crippen molar-refractivity contribution in [2.45, 2.75) is 6.92 Å². The molecule has 0 aromatic heterocycles. The van der Waals surface area contributed by atoms with Crippen molar-refractivity contribution in [3.8, 4) is 0 Å². The lowest BCUT2D eigenvalue weighted by atomic mass is 10.2. The van der Waals surface area contributed by atoms with Crippen LogP contribution in [0.4, 0.5) is 5.69 Å². The molecule has 0 radical (unpaired) electrons. The van der Waals surface area contributed by atoms with Gasteiger partial charge < -0.3 is 15.5 Å². The Morgan fingerprint density at radius 1 is 1.29 bits per heavy atom. The molecule has 0 unspecified atom stereocenters. The van der Waals surface area contributed by atoms with Crippen molar-refractivity contribution >= 4 is 11.6 Å². The Hall–Kier alpha value is -1.39. The Labute approximate surface area is 103 Å². The first kappa shape index (κ1) is 13.7. The first-order valence-corrected chi connectivity index (χ1v) is 5.80. The molecule has 0 fully saturated rings. The second-order valence-corrected chi connectivity index (χ2v) is 4.34. The molecule has 4 heteroatoms. The number of para-hydroxylation sites is 1. The number of carbonyl (C=O) groups is 1. The number of carbonyl (C=O) groups excluding carboxylic acids is 1. The third-order valence-electron chi connectivity index (χ3n) is 2.44. The van der Waals surface area contributed by atoms with Crippen LogP contribution in [0.25, 0.3) is 0 Å². The van der Waals surface area contributed by atoms with Gasteiger partial charge in [0.05, 0.1) is 6.54 Å². The molecule has 94 valence electrons. The summed E-state index contributed by atoms with van der Waals surface area (Å²) in [7, 11) is 4.02. The van der Waals surface area contributed by atoms with Crippen molar-refractivity contribution in [3.05, 3.63) is 29.8 Å². The fourth-order valence-electron chi connectivity index (χ4n) is 1.41. The molecule has 0 saturated heterocycles. The van der Waals surface area contributed by atoms with Gasteiger partial charge in [0, 0.05) is 18.8 Å². The fourth-order valence-corrected chi connectivity index (χ4v) is 1.41. The largest absolute Gasteiger partial charge is 0.325 e. The number of rotatable bonds is 6. The minimum atomic E-state index is -0.00180. The van der Waals surface area contributed by atoms with Crippen LogP contribution in [0.2, 0.25) is 0 Å². The van der Waals surface area contributed by atoms with Crippen LogP contribution in [0.5, 0.6) is 0 Å². The maximum absolute atomic E-state index is 11.6. The molecule has 1 aromatic rings. The molecular weight excluding hydrogens is 214 g/mol. The number of nitrogens with one attached hydrogen (secondary N) is 2. The van der Waals surface area contributed by atoms with Gasteiger partial charge in [0.25, 0.3) is 0 Å². The van der Waals surface area contributed by atoms with E-state index in [0.717, 1.165) is 24.3 Å². The number of likely N-dealkylation sites (N-methyl/N-ethyl adjacent to an activating group) is 1. The Balaban J connectivity index is 2.28. The van der Waals surface area contributed by atoms with Crippen molar-refractivity contribution < 1.29 is 4.79 Å². The van der Waals surface area contributed by atoms with E-state index >= 15 is 0 Å². The van der Waals surface area contributed by atoms with Crippen LogP contribution in [0.15, 0.2) is 24.3 Å². The van der Waals surface area contributed by atoms with Crippen LogP contribution in [0, 0.1) is 6.92 Å². The van der Waals surface area contributed by atoms with Crippen molar-refractivity contribution in [1.29, 1.82) is 0 Å². The highest BCUT2D eigenvalue weighted by molar-refractivity contribution is 5.92. The van der Waals surface area contributed by atoms with Crippen LogP contribution in [-0.2, 0) is 4.79 Å². The molecule has 1 rings (SSSR count). The number of aryl methyl sites for hydroxylation is 1. The first-order chi connectivity index (χ1) is 8.09. The van der Waals surface area contributed by atoms with Crippen molar-refractivity contribution in [3.63, 3.8) is 0 Å². The topological polar surface area (TPSA) is 44.4 Å². The van der Waals surface area contributed by atoms with E-state index in [0.29, 0.717) is 6.54 Å². The predicted molar refractivity (Wildman–Crippen MR) is 71.2 cm³/mol. The normalized spacial score (nSPS) is 10.6. The number of amides is 1. The summed E-state index contributed by atoms with van der Waals surface area (Å²) in [5, 5.41) is 5.99. The third kappa shape index (κ3) is 5.47. The van der Waals surface area contributed by atoms with E-state index in [1.807, 2.05) is 45.3 Å². The number of hydrogen-bond acceptors (Lipinski definition) is 3. The van der Waals surface area contributed by atoms with Gasteiger partial charge in [-0.25, -0.2) is 0 Å². The average molecular weight is 235 g/mol. The summed E-state index contributed by atoms with van der Waals surface area (Å²) in [5.74, 6) is -0.00180. The molecular formula is C13H21N3O. The Morgan fingerprint density at radius 3 is 2.65 bits per heavy atom. The fraction of sp³-hybridized carbons (Fsp3) is 0.462. The highest BCUT2D eigenvalue weighted by Crippen LogP contribution is 2.12. The van der Waals surface area contributed by atoms with Crippen molar-refractivity contribution in [2.75, 3.05) is 39.0 Å². The number of benzene rings is 1. The van der Waals surface area contributed by atoms with Crippen molar-refractivity contribution in [1.82, 2.24) is 10.2 Å². The lowest BCUT2D eigenvalue weighted by molar-refractivity contribution is -0.115. The number of hydrogen-bond donors (Lipinski definition) is 2. The summed E-state index contributed by atoms with van der Waals surface area (Å²) < 4.78 is 0. The first-order valence-electron chi connectivity index (χ1n) is 5.80. The van der Waals surface area contributed by atoms with E-state index in [1.165, 1.54) is 0 Å². The zero-order valence-electron chi connectivity index (χ0n) is 10.8. The number of anilines is 1. The zero-order chi connectivity index (χ0) is 12.7. The molecule has 1 amide bonds. The van der Waals surface area contributed by atoms with E-state index in [9.17, 15) is 4.79 Å². The maximum Gasteiger partial charge on any atom is 0.238 e. The summed E-state index contributed by atoms with van der Waals surface area (Å²) in [6, 6.07) is 7.77.